The molecule has 1 atom stereocenters. The van der Waals surface area contributed by atoms with Crippen molar-refractivity contribution in [2.45, 2.75) is 19.6 Å². The molecule has 1 saturated heterocycles. The first-order valence-corrected chi connectivity index (χ1v) is 9.85. The Hall–Kier alpha value is -4.48. The molecule has 180 valence electrons. The highest BCUT2D eigenvalue weighted by atomic mass is 16.6. The summed E-state index contributed by atoms with van der Waals surface area (Å²) in [5, 5.41) is 11.6. The molecule has 1 aromatic heterocycles. The van der Waals surface area contributed by atoms with Gasteiger partial charge in [-0.25, -0.2) is 14.4 Å². The van der Waals surface area contributed by atoms with Gasteiger partial charge in [0.2, 0.25) is 11.5 Å². The Morgan fingerprint density at radius 3 is 2.35 bits per heavy atom. The number of hydrogen-bond acceptors (Lipinski definition) is 9. The lowest BCUT2D eigenvalue weighted by Gasteiger charge is -2.17. The van der Waals surface area contributed by atoms with Crippen molar-refractivity contribution < 1.29 is 47.6 Å². The Morgan fingerprint density at radius 1 is 1.15 bits per heavy atom. The van der Waals surface area contributed by atoms with Gasteiger partial charge in [0.15, 0.2) is 17.6 Å². The highest BCUT2D eigenvalue weighted by Crippen LogP contribution is 2.40. The number of carbonyl (C=O) groups is 4. The molecular formula is C22H22N2O10. The zero-order chi connectivity index (χ0) is 25.0. The third-order valence-electron chi connectivity index (χ3n) is 4.76. The van der Waals surface area contributed by atoms with E-state index >= 15 is 0 Å². The summed E-state index contributed by atoms with van der Waals surface area (Å²) < 4.78 is 25.9. The molecule has 3 rings (SSSR count). The number of nitrogens with one attached hydrogen (secondary N) is 1. The summed E-state index contributed by atoms with van der Waals surface area (Å²) in [5.41, 5.74) is 0.391. The summed E-state index contributed by atoms with van der Waals surface area (Å²) in [6.45, 7) is 1.15. The first-order valence-electron chi connectivity index (χ1n) is 9.85. The van der Waals surface area contributed by atoms with E-state index < -0.39 is 30.0 Å². The van der Waals surface area contributed by atoms with Crippen LogP contribution in [0.5, 0.6) is 17.2 Å². The standard InChI is InChI=1S/C22H22N2O10/c1-11(20(26)27)33-18-16(30-2)8-12(9-17(18)31-3)7-14-19(25)24(22(29)23-14)10-13-5-6-15(34-13)21(28)32-4/h5-9,11H,10H2,1-4H3,(H,23,29)(H,26,27)/b14-7-/t11-/m0/s1. The van der Waals surface area contributed by atoms with Crippen LogP contribution >= 0.6 is 0 Å². The number of furan rings is 1. The molecule has 2 N–H and O–H groups in total. The molecule has 1 fully saturated rings. The Morgan fingerprint density at radius 2 is 1.79 bits per heavy atom. The molecular weight excluding hydrogens is 452 g/mol. The van der Waals surface area contributed by atoms with Crippen LogP contribution in [0.15, 0.2) is 34.4 Å². The molecule has 0 aliphatic carbocycles. The van der Waals surface area contributed by atoms with Crippen molar-refractivity contribution in [1.29, 1.82) is 0 Å². The highest BCUT2D eigenvalue weighted by Gasteiger charge is 2.34. The van der Waals surface area contributed by atoms with Gasteiger partial charge in [-0.1, -0.05) is 0 Å². The second-order valence-electron chi connectivity index (χ2n) is 6.99. The number of urea groups is 1. The maximum absolute atomic E-state index is 12.8. The maximum atomic E-state index is 12.8. The van der Waals surface area contributed by atoms with Crippen molar-refractivity contribution in [3.63, 3.8) is 0 Å². The third-order valence-corrected chi connectivity index (χ3v) is 4.76. The van der Waals surface area contributed by atoms with Crippen molar-refractivity contribution in [3.05, 3.63) is 47.0 Å². The molecule has 12 nitrogen and oxygen atoms in total. The number of carboxylic acid groups (broad SMARTS) is 1. The summed E-state index contributed by atoms with van der Waals surface area (Å²) in [4.78, 5) is 48.8. The number of aliphatic carboxylic acids is 1. The fourth-order valence-electron chi connectivity index (χ4n) is 3.04. The van der Waals surface area contributed by atoms with Crippen molar-refractivity contribution in [1.82, 2.24) is 10.2 Å². The topological polar surface area (TPSA) is 154 Å². The van der Waals surface area contributed by atoms with Gasteiger partial charge in [0, 0.05) is 0 Å². The van der Waals surface area contributed by atoms with Crippen molar-refractivity contribution >= 4 is 30.0 Å². The first-order chi connectivity index (χ1) is 16.2. The number of imide groups is 1. The molecule has 3 amide bonds. The number of hydrogen-bond donors (Lipinski definition) is 2. The molecule has 0 saturated carbocycles. The number of esters is 1. The summed E-state index contributed by atoms with van der Waals surface area (Å²) in [6.07, 6.45) is 0.232. The lowest BCUT2D eigenvalue weighted by atomic mass is 10.1. The van der Waals surface area contributed by atoms with Crippen LogP contribution in [-0.4, -0.2) is 61.3 Å². The fraction of sp³-hybridized carbons (Fsp3) is 0.273. The van der Waals surface area contributed by atoms with Crippen LogP contribution in [0.2, 0.25) is 0 Å². The summed E-state index contributed by atoms with van der Waals surface area (Å²) in [7, 11) is 3.93. The van der Waals surface area contributed by atoms with Gasteiger partial charge in [-0.15, -0.1) is 0 Å². The largest absolute Gasteiger partial charge is 0.493 e. The van der Waals surface area contributed by atoms with E-state index in [-0.39, 0.29) is 41.0 Å². The number of ether oxygens (including phenoxy) is 4. The third kappa shape index (κ3) is 4.95. The molecule has 0 unspecified atom stereocenters. The van der Waals surface area contributed by atoms with Crippen LogP contribution in [0.3, 0.4) is 0 Å². The van der Waals surface area contributed by atoms with E-state index in [4.69, 9.17) is 23.7 Å². The molecule has 1 aromatic carbocycles. The fourth-order valence-corrected chi connectivity index (χ4v) is 3.04. The maximum Gasteiger partial charge on any atom is 0.373 e. The first kappa shape index (κ1) is 24.2. The van der Waals surface area contributed by atoms with Gasteiger partial charge in [0.25, 0.3) is 5.91 Å². The summed E-state index contributed by atoms with van der Waals surface area (Å²) in [6, 6.07) is 5.15. The number of rotatable bonds is 9. The van der Waals surface area contributed by atoms with Crippen molar-refractivity contribution in [2.75, 3.05) is 21.3 Å². The van der Waals surface area contributed by atoms with Gasteiger partial charge in [-0.2, -0.15) is 0 Å². The molecule has 0 radical (unpaired) electrons. The number of methoxy groups -OCH3 is 3. The minimum Gasteiger partial charge on any atom is -0.493 e. The van der Waals surface area contributed by atoms with Crippen LogP contribution in [0, 0.1) is 0 Å². The van der Waals surface area contributed by atoms with Crippen LogP contribution in [-0.2, 0) is 20.9 Å². The second-order valence-corrected chi connectivity index (χ2v) is 6.99. The Kier molecular flexibility index (Phi) is 7.09. The molecule has 0 spiro atoms. The summed E-state index contributed by atoms with van der Waals surface area (Å²) in [5.74, 6) is -1.93. The van der Waals surface area contributed by atoms with Crippen LogP contribution in [0.4, 0.5) is 4.79 Å². The number of benzene rings is 1. The number of nitrogens with zero attached hydrogens (tertiary/aromatic N) is 1. The molecule has 1 aliphatic rings. The number of carboxylic acids is 1. The lowest BCUT2D eigenvalue weighted by Crippen LogP contribution is -2.30. The molecule has 2 heterocycles. The van der Waals surface area contributed by atoms with Crippen LogP contribution in [0.25, 0.3) is 6.08 Å². The molecule has 2 aromatic rings. The summed E-state index contributed by atoms with van der Waals surface area (Å²) >= 11 is 0. The molecule has 12 heteroatoms. The molecule has 34 heavy (non-hydrogen) atoms. The van der Waals surface area contributed by atoms with Crippen LogP contribution in [0.1, 0.15) is 28.8 Å². The smallest absolute Gasteiger partial charge is 0.373 e. The quantitative estimate of drug-likeness (QED) is 0.313. The van der Waals surface area contributed by atoms with Crippen molar-refractivity contribution in [2.24, 2.45) is 0 Å². The van der Waals surface area contributed by atoms with E-state index in [1.54, 1.807) is 0 Å². The van der Waals surface area contributed by atoms with E-state index in [0.717, 1.165) is 4.90 Å². The Labute approximate surface area is 193 Å². The zero-order valence-corrected chi connectivity index (χ0v) is 18.7. The van der Waals surface area contributed by atoms with E-state index in [0.29, 0.717) is 5.56 Å². The van der Waals surface area contributed by atoms with E-state index in [2.05, 4.69) is 10.1 Å². The molecule has 0 bridgehead atoms. The predicted molar refractivity (Wildman–Crippen MR) is 114 cm³/mol. The van der Waals surface area contributed by atoms with E-state index in [1.807, 2.05) is 0 Å². The second kappa shape index (κ2) is 9.98. The van der Waals surface area contributed by atoms with Gasteiger partial charge in [-0.3, -0.25) is 9.69 Å². The Bertz CT molecular complexity index is 1140. The van der Waals surface area contributed by atoms with Crippen molar-refractivity contribution in [3.8, 4) is 17.2 Å². The SMILES string of the molecule is COC(=O)c1ccc(CN2C(=O)N/C(=C\c3cc(OC)c(O[C@@H](C)C(=O)O)c(OC)c3)C2=O)o1. The lowest BCUT2D eigenvalue weighted by molar-refractivity contribution is -0.144. The van der Waals surface area contributed by atoms with E-state index in [9.17, 15) is 19.2 Å². The Balaban J connectivity index is 1.85. The zero-order valence-electron chi connectivity index (χ0n) is 18.7. The number of amides is 3. The van der Waals surface area contributed by atoms with Gasteiger partial charge in [0.1, 0.15) is 11.5 Å². The average Bonchev–Trinajstić information content (AvgIpc) is 3.39. The monoisotopic (exact) mass is 474 g/mol. The average molecular weight is 474 g/mol. The minimum atomic E-state index is -1.18. The van der Waals surface area contributed by atoms with E-state index in [1.165, 1.54) is 58.6 Å². The van der Waals surface area contributed by atoms with Gasteiger partial charge in [-0.05, 0) is 42.8 Å². The normalized spacial score (nSPS) is 15.2. The molecule has 1 aliphatic heterocycles. The van der Waals surface area contributed by atoms with Gasteiger partial charge >= 0.3 is 18.0 Å². The predicted octanol–water partition coefficient (Wildman–Crippen LogP) is 2.03. The number of carbonyl (C=O) groups excluding carboxylic acids is 3. The minimum absolute atomic E-state index is 0.0265. The van der Waals surface area contributed by atoms with Gasteiger partial charge in [0.05, 0.1) is 27.9 Å². The van der Waals surface area contributed by atoms with Crippen LogP contribution < -0.4 is 19.5 Å². The highest BCUT2D eigenvalue weighted by molar-refractivity contribution is 6.13. The van der Waals surface area contributed by atoms with Gasteiger partial charge < -0.3 is 33.8 Å².